The number of hydrogen-bond acceptors (Lipinski definition) is 4. The Kier molecular flexibility index (Phi) is 12.3. The number of benzene rings is 1. The molecule has 0 saturated carbocycles. The molecule has 0 spiro atoms. The zero-order valence-corrected chi connectivity index (χ0v) is 20.1. The number of urea groups is 1. The molecule has 1 unspecified atom stereocenters. The molecule has 1 aliphatic heterocycles. The number of ether oxygens (including phenoxy) is 1. The number of hydrogen-bond donors (Lipinski definition) is 2. The molecule has 2 rings (SSSR count). The number of nitrogens with zero attached hydrogens (tertiary/aromatic N) is 1. The molecule has 7 heteroatoms. The van der Waals surface area contributed by atoms with Crippen molar-refractivity contribution < 1.29 is 14.4 Å². The van der Waals surface area contributed by atoms with Gasteiger partial charge in [-0.2, -0.15) is 0 Å². The van der Waals surface area contributed by atoms with Crippen LogP contribution in [0, 0.1) is 5.92 Å². The summed E-state index contributed by atoms with van der Waals surface area (Å²) in [6.07, 6.45) is 6.24. The minimum atomic E-state index is -0.0107. The number of nitrogens with one attached hydrogen (secondary N) is 2. The van der Waals surface area contributed by atoms with Gasteiger partial charge >= 0.3 is 6.03 Å². The molecule has 0 aromatic heterocycles. The zero-order chi connectivity index (χ0) is 22.5. The van der Waals surface area contributed by atoms with Crippen molar-refractivity contribution in [2.45, 2.75) is 64.3 Å². The van der Waals surface area contributed by atoms with Crippen molar-refractivity contribution >= 4 is 17.6 Å². The molecule has 31 heavy (non-hydrogen) atoms. The predicted octanol–water partition coefficient (Wildman–Crippen LogP) is 4.98. The molecular formula is C24H40ClN3O3. The highest BCUT2D eigenvalue weighted by Crippen LogP contribution is 2.27. The van der Waals surface area contributed by atoms with Crippen LogP contribution in [0.3, 0.4) is 0 Å². The predicted molar refractivity (Wildman–Crippen MR) is 126 cm³/mol. The van der Waals surface area contributed by atoms with Crippen LogP contribution in [0.15, 0.2) is 24.3 Å². The second-order valence-electron chi connectivity index (χ2n) is 8.43. The van der Waals surface area contributed by atoms with Gasteiger partial charge in [0.15, 0.2) is 0 Å². The highest BCUT2D eigenvalue weighted by Gasteiger charge is 2.23. The van der Waals surface area contributed by atoms with Crippen LogP contribution in [0.1, 0.15) is 63.9 Å². The lowest BCUT2D eigenvalue weighted by atomic mass is 9.91. The van der Waals surface area contributed by atoms with E-state index in [9.17, 15) is 4.79 Å². The van der Waals surface area contributed by atoms with E-state index in [1.54, 1.807) is 7.11 Å². The van der Waals surface area contributed by atoms with Crippen molar-refractivity contribution in [2.24, 2.45) is 5.92 Å². The minimum Gasteiger partial charge on any atom is -0.381 e. The van der Waals surface area contributed by atoms with E-state index in [4.69, 9.17) is 21.2 Å². The fourth-order valence-electron chi connectivity index (χ4n) is 4.34. The van der Waals surface area contributed by atoms with Gasteiger partial charge in [0.05, 0.1) is 7.11 Å². The van der Waals surface area contributed by atoms with E-state index in [1.165, 1.54) is 5.56 Å². The molecule has 176 valence electrons. The van der Waals surface area contributed by atoms with Crippen LogP contribution in [-0.4, -0.2) is 56.9 Å². The summed E-state index contributed by atoms with van der Waals surface area (Å²) in [5, 5.41) is 3.99. The summed E-state index contributed by atoms with van der Waals surface area (Å²) in [5.74, 6) is 0.875. The molecule has 1 heterocycles. The SMILES string of the molecule is CCCC(CCN(CC)C(=O)N[C@H](CNOC)C[C@H]1CCCOC1)c1cccc(Cl)c1. The number of carbonyl (C=O) groups is 1. The standard InChI is InChI=1S/C24H40ClN3O3/c1-4-8-20(21-10-6-11-22(25)16-21)12-13-28(5-2)24(29)27-23(17-26-30-3)15-19-9-7-14-31-18-19/h6,10-11,16,19-20,23,26H,4-5,7-9,12-15,17-18H2,1-3H3,(H,27,29)/t19-,20?,23+/m1/s1. The van der Waals surface area contributed by atoms with E-state index in [-0.39, 0.29) is 12.1 Å². The van der Waals surface area contributed by atoms with E-state index >= 15 is 0 Å². The first kappa shape index (κ1) is 25.9. The van der Waals surface area contributed by atoms with Crippen molar-refractivity contribution in [1.29, 1.82) is 0 Å². The van der Waals surface area contributed by atoms with Crippen LogP contribution < -0.4 is 10.8 Å². The van der Waals surface area contributed by atoms with E-state index < -0.39 is 0 Å². The molecule has 2 amide bonds. The van der Waals surface area contributed by atoms with Gasteiger partial charge in [0.25, 0.3) is 0 Å². The van der Waals surface area contributed by atoms with Gasteiger partial charge < -0.3 is 19.8 Å². The highest BCUT2D eigenvalue weighted by atomic mass is 35.5. The number of rotatable bonds is 13. The van der Waals surface area contributed by atoms with Gasteiger partial charge in [-0.15, -0.1) is 0 Å². The summed E-state index contributed by atoms with van der Waals surface area (Å²) < 4.78 is 5.62. The molecule has 2 N–H and O–H groups in total. The van der Waals surface area contributed by atoms with Gasteiger partial charge in [0, 0.05) is 43.9 Å². The minimum absolute atomic E-state index is 0.00701. The van der Waals surface area contributed by atoms with Crippen LogP contribution in [0.5, 0.6) is 0 Å². The lowest BCUT2D eigenvalue weighted by Crippen LogP contribution is -2.49. The fraction of sp³-hybridized carbons (Fsp3) is 0.708. The molecule has 1 aliphatic rings. The number of carbonyl (C=O) groups excluding carboxylic acids is 1. The van der Waals surface area contributed by atoms with E-state index in [2.05, 4.69) is 29.9 Å². The third-order valence-corrected chi connectivity index (χ3v) is 6.28. The van der Waals surface area contributed by atoms with Gasteiger partial charge in [-0.1, -0.05) is 37.1 Å². The van der Waals surface area contributed by atoms with Crippen LogP contribution in [-0.2, 0) is 9.57 Å². The summed E-state index contributed by atoms with van der Waals surface area (Å²) in [4.78, 5) is 20.0. The number of halogens is 1. The molecule has 1 aromatic carbocycles. The Morgan fingerprint density at radius 1 is 1.35 bits per heavy atom. The van der Waals surface area contributed by atoms with Crippen LogP contribution in [0.4, 0.5) is 4.79 Å². The average Bonchev–Trinajstić information content (AvgIpc) is 2.77. The van der Waals surface area contributed by atoms with Gasteiger partial charge in [0.1, 0.15) is 0 Å². The molecule has 0 radical (unpaired) electrons. The second-order valence-corrected chi connectivity index (χ2v) is 8.86. The van der Waals surface area contributed by atoms with Crippen LogP contribution in [0.25, 0.3) is 0 Å². The molecule has 0 aliphatic carbocycles. The third-order valence-electron chi connectivity index (χ3n) is 6.05. The largest absolute Gasteiger partial charge is 0.381 e. The molecule has 3 atom stereocenters. The van der Waals surface area contributed by atoms with Crippen molar-refractivity contribution in [2.75, 3.05) is 40.0 Å². The summed E-state index contributed by atoms with van der Waals surface area (Å²) in [7, 11) is 1.60. The van der Waals surface area contributed by atoms with Crippen LogP contribution >= 0.6 is 11.6 Å². The van der Waals surface area contributed by atoms with Crippen molar-refractivity contribution in [3.05, 3.63) is 34.9 Å². The highest BCUT2D eigenvalue weighted by molar-refractivity contribution is 6.30. The molecule has 6 nitrogen and oxygen atoms in total. The number of amides is 2. The lowest BCUT2D eigenvalue weighted by molar-refractivity contribution is 0.0412. The average molecular weight is 454 g/mol. The van der Waals surface area contributed by atoms with E-state index in [0.29, 0.717) is 24.9 Å². The Balaban J connectivity index is 1.93. The first-order valence-electron chi connectivity index (χ1n) is 11.7. The molecule has 1 aromatic rings. The van der Waals surface area contributed by atoms with Gasteiger partial charge in [-0.05, 0) is 68.6 Å². The Hall–Kier alpha value is -1.34. The summed E-state index contributed by atoms with van der Waals surface area (Å²) in [6, 6.07) is 8.10. The third kappa shape index (κ3) is 9.36. The second kappa shape index (κ2) is 14.7. The maximum absolute atomic E-state index is 13.0. The fourth-order valence-corrected chi connectivity index (χ4v) is 4.54. The summed E-state index contributed by atoms with van der Waals surface area (Å²) >= 11 is 6.21. The Morgan fingerprint density at radius 2 is 2.19 bits per heavy atom. The zero-order valence-electron chi connectivity index (χ0n) is 19.4. The summed E-state index contributed by atoms with van der Waals surface area (Å²) in [6.45, 7) is 7.83. The smallest absolute Gasteiger partial charge is 0.317 e. The van der Waals surface area contributed by atoms with Gasteiger partial charge in [0.2, 0.25) is 0 Å². The monoisotopic (exact) mass is 453 g/mol. The topological polar surface area (TPSA) is 62.8 Å². The molecule has 0 bridgehead atoms. The number of hydroxylamine groups is 1. The van der Waals surface area contributed by atoms with E-state index in [1.807, 2.05) is 24.0 Å². The quantitative estimate of drug-likeness (QED) is 0.413. The molecule has 1 fully saturated rings. The summed E-state index contributed by atoms with van der Waals surface area (Å²) in [5.41, 5.74) is 4.16. The molecular weight excluding hydrogens is 414 g/mol. The normalized spacial score (nSPS) is 18.4. The van der Waals surface area contributed by atoms with Gasteiger partial charge in [-0.3, -0.25) is 0 Å². The van der Waals surface area contributed by atoms with Crippen molar-refractivity contribution in [3.8, 4) is 0 Å². The Morgan fingerprint density at radius 3 is 2.84 bits per heavy atom. The molecule has 1 saturated heterocycles. The maximum Gasteiger partial charge on any atom is 0.317 e. The van der Waals surface area contributed by atoms with Gasteiger partial charge in [-0.25, -0.2) is 10.3 Å². The van der Waals surface area contributed by atoms with Crippen LogP contribution in [0.2, 0.25) is 5.02 Å². The Labute approximate surface area is 193 Å². The van der Waals surface area contributed by atoms with E-state index in [0.717, 1.165) is 63.3 Å². The Bertz CT molecular complexity index is 640. The van der Waals surface area contributed by atoms with Crippen molar-refractivity contribution in [3.63, 3.8) is 0 Å². The first-order chi connectivity index (χ1) is 15.1. The first-order valence-corrected chi connectivity index (χ1v) is 12.1. The lowest BCUT2D eigenvalue weighted by Gasteiger charge is -2.30. The van der Waals surface area contributed by atoms with Crippen molar-refractivity contribution in [1.82, 2.24) is 15.7 Å². The maximum atomic E-state index is 13.0.